The molecule has 33 heavy (non-hydrogen) atoms. The maximum atomic E-state index is 12.1. The van der Waals surface area contributed by atoms with Crippen LogP contribution in [0.5, 0.6) is 0 Å². The van der Waals surface area contributed by atoms with E-state index in [0.29, 0.717) is 15.7 Å². The number of nitrogens with zero attached hydrogens (tertiary/aromatic N) is 2. The first kappa shape index (κ1) is 24.9. The first-order valence-corrected chi connectivity index (χ1v) is 11.0. The number of carbonyl (C=O) groups is 1. The summed E-state index contributed by atoms with van der Waals surface area (Å²) >= 11 is 12.4. The Morgan fingerprint density at radius 1 is 0.939 bits per heavy atom. The summed E-state index contributed by atoms with van der Waals surface area (Å²) < 4.78 is 1.82. The van der Waals surface area contributed by atoms with Crippen LogP contribution < -0.4 is 0 Å². The van der Waals surface area contributed by atoms with Crippen LogP contribution in [0.3, 0.4) is 0 Å². The van der Waals surface area contributed by atoms with E-state index in [4.69, 9.17) is 28.3 Å². The molecule has 0 saturated carbocycles. The molecular formula is C26H24Cl2N2O2S. The fourth-order valence-corrected chi connectivity index (χ4v) is 4.02. The molecular weight excluding hydrogens is 475 g/mol. The van der Waals surface area contributed by atoms with Crippen LogP contribution in [-0.2, 0) is 11.2 Å². The maximum Gasteiger partial charge on any atom is 0.311 e. The summed E-state index contributed by atoms with van der Waals surface area (Å²) in [5, 5.41) is 15.6. The highest BCUT2D eigenvalue weighted by molar-refractivity contribution is 7.59. The second kappa shape index (κ2) is 10.5. The van der Waals surface area contributed by atoms with Gasteiger partial charge in [-0.15, -0.1) is 0 Å². The van der Waals surface area contributed by atoms with Crippen LogP contribution in [0, 0.1) is 13.8 Å². The van der Waals surface area contributed by atoms with Gasteiger partial charge in [0.05, 0.1) is 33.0 Å². The van der Waals surface area contributed by atoms with Gasteiger partial charge in [-0.25, -0.2) is 4.68 Å². The molecule has 0 spiro atoms. The third-order valence-corrected chi connectivity index (χ3v) is 6.15. The second-order valence-corrected chi connectivity index (χ2v) is 8.72. The number of rotatable bonds is 6. The van der Waals surface area contributed by atoms with E-state index in [1.807, 2.05) is 79.2 Å². The summed E-state index contributed by atoms with van der Waals surface area (Å²) in [5.74, 6) is -1.57. The van der Waals surface area contributed by atoms with Crippen LogP contribution in [-0.4, -0.2) is 20.9 Å². The van der Waals surface area contributed by atoms with Gasteiger partial charge in [0.25, 0.3) is 0 Å². The third kappa shape index (κ3) is 5.61. The van der Waals surface area contributed by atoms with Crippen molar-refractivity contribution in [3.63, 3.8) is 0 Å². The number of aryl methyl sites for hydroxylation is 2. The molecule has 3 aromatic carbocycles. The molecule has 0 aliphatic heterocycles. The summed E-state index contributed by atoms with van der Waals surface area (Å²) in [6.45, 7) is 3.98. The molecule has 0 aliphatic rings. The van der Waals surface area contributed by atoms with E-state index in [2.05, 4.69) is 0 Å². The van der Waals surface area contributed by atoms with Gasteiger partial charge >= 0.3 is 5.97 Å². The summed E-state index contributed by atoms with van der Waals surface area (Å²) in [7, 11) is 0. The van der Waals surface area contributed by atoms with Crippen molar-refractivity contribution >= 4 is 42.7 Å². The average molecular weight is 499 g/mol. The molecule has 170 valence electrons. The van der Waals surface area contributed by atoms with Crippen molar-refractivity contribution in [2.45, 2.75) is 26.2 Å². The lowest BCUT2D eigenvalue weighted by molar-refractivity contribution is -0.138. The standard InChI is InChI=1S/C26H22Cl2N2O2.H2S/c1-16-6-9-21(10-7-16)30-25(19-8-11-23(27)24(28)13-19)15-20(29-30)14-22(26(31)32)18-5-3-4-17(2)12-18;/h3-13,15,22H,14H2,1-2H3,(H,31,32);1H2/t22-;/m0./s1. The van der Waals surface area contributed by atoms with Crippen molar-refractivity contribution in [1.82, 2.24) is 9.78 Å². The number of hydrogen-bond acceptors (Lipinski definition) is 2. The van der Waals surface area contributed by atoms with Crippen molar-refractivity contribution in [3.05, 3.63) is 105 Å². The molecule has 0 aliphatic carbocycles. The van der Waals surface area contributed by atoms with Crippen LogP contribution in [0.2, 0.25) is 10.0 Å². The van der Waals surface area contributed by atoms with Crippen LogP contribution in [0.15, 0.2) is 72.8 Å². The van der Waals surface area contributed by atoms with Crippen LogP contribution in [0.4, 0.5) is 0 Å². The minimum Gasteiger partial charge on any atom is -0.481 e. The smallest absolute Gasteiger partial charge is 0.311 e. The molecule has 4 nitrogen and oxygen atoms in total. The quantitative estimate of drug-likeness (QED) is 0.311. The summed E-state index contributed by atoms with van der Waals surface area (Å²) in [5.41, 5.74) is 6.15. The minimum absolute atomic E-state index is 0. The number of hydrogen-bond donors (Lipinski definition) is 1. The average Bonchev–Trinajstić information content (AvgIpc) is 3.18. The van der Waals surface area contributed by atoms with Crippen LogP contribution >= 0.6 is 36.7 Å². The van der Waals surface area contributed by atoms with Crippen molar-refractivity contribution in [2.75, 3.05) is 0 Å². The molecule has 4 aromatic rings. The molecule has 1 atom stereocenters. The number of aromatic nitrogens is 2. The van der Waals surface area contributed by atoms with E-state index >= 15 is 0 Å². The third-order valence-electron chi connectivity index (χ3n) is 5.41. The van der Waals surface area contributed by atoms with Crippen molar-refractivity contribution < 1.29 is 9.90 Å². The zero-order chi connectivity index (χ0) is 22.8. The van der Waals surface area contributed by atoms with Gasteiger partial charge in [-0.05, 0) is 49.7 Å². The van der Waals surface area contributed by atoms with E-state index in [1.54, 1.807) is 12.1 Å². The fraction of sp³-hybridized carbons (Fsp3) is 0.154. The van der Waals surface area contributed by atoms with Crippen molar-refractivity contribution in [1.29, 1.82) is 0 Å². The Labute approximate surface area is 210 Å². The molecule has 0 amide bonds. The highest BCUT2D eigenvalue weighted by Crippen LogP contribution is 2.32. The highest BCUT2D eigenvalue weighted by atomic mass is 35.5. The molecule has 4 rings (SSSR count). The first-order chi connectivity index (χ1) is 15.3. The van der Waals surface area contributed by atoms with Crippen molar-refractivity contribution in [2.24, 2.45) is 0 Å². The van der Waals surface area contributed by atoms with E-state index in [9.17, 15) is 9.90 Å². The Hall–Kier alpha value is -2.73. The molecule has 7 heteroatoms. The highest BCUT2D eigenvalue weighted by Gasteiger charge is 2.23. The van der Waals surface area contributed by atoms with Crippen molar-refractivity contribution in [3.8, 4) is 16.9 Å². The van der Waals surface area contributed by atoms with E-state index in [1.165, 1.54) is 0 Å². The normalized spacial score (nSPS) is 11.6. The Balaban J connectivity index is 0.00000306. The molecule has 0 radical (unpaired) electrons. The summed E-state index contributed by atoms with van der Waals surface area (Å²) in [4.78, 5) is 12.1. The van der Waals surface area contributed by atoms with Gasteiger partial charge in [0.1, 0.15) is 0 Å². The zero-order valence-electron chi connectivity index (χ0n) is 18.2. The van der Waals surface area contributed by atoms with Gasteiger partial charge in [0.15, 0.2) is 0 Å². The predicted octanol–water partition coefficient (Wildman–Crippen LogP) is 6.99. The number of carboxylic acids is 1. The fourth-order valence-electron chi connectivity index (χ4n) is 3.72. The molecule has 1 aromatic heterocycles. The van der Waals surface area contributed by atoms with Crippen LogP contribution in [0.25, 0.3) is 16.9 Å². The maximum absolute atomic E-state index is 12.1. The van der Waals surface area contributed by atoms with Gasteiger partial charge in [-0.1, -0.05) is 76.8 Å². The zero-order valence-corrected chi connectivity index (χ0v) is 20.7. The molecule has 0 unspecified atom stereocenters. The second-order valence-electron chi connectivity index (χ2n) is 7.91. The number of carboxylic acid groups (broad SMARTS) is 1. The summed E-state index contributed by atoms with van der Waals surface area (Å²) in [6, 6.07) is 23.0. The Bertz CT molecular complexity index is 1290. The Morgan fingerprint density at radius 3 is 2.30 bits per heavy atom. The largest absolute Gasteiger partial charge is 0.481 e. The van der Waals surface area contributed by atoms with Gasteiger partial charge in [-0.3, -0.25) is 4.79 Å². The predicted molar refractivity (Wildman–Crippen MR) is 139 cm³/mol. The van der Waals surface area contributed by atoms with Gasteiger partial charge in [-0.2, -0.15) is 18.6 Å². The van der Waals surface area contributed by atoms with Gasteiger partial charge in [0, 0.05) is 12.0 Å². The Kier molecular flexibility index (Phi) is 7.90. The first-order valence-electron chi connectivity index (χ1n) is 10.2. The molecule has 1 N–H and O–H groups in total. The van der Waals surface area contributed by atoms with Gasteiger partial charge < -0.3 is 5.11 Å². The summed E-state index contributed by atoms with van der Waals surface area (Å²) in [6.07, 6.45) is 0.270. The van der Waals surface area contributed by atoms with Crippen LogP contribution in [0.1, 0.15) is 28.3 Å². The monoisotopic (exact) mass is 498 g/mol. The Morgan fingerprint density at radius 2 is 1.67 bits per heavy atom. The number of halogens is 2. The van der Waals surface area contributed by atoms with Gasteiger partial charge in [0.2, 0.25) is 0 Å². The lowest BCUT2D eigenvalue weighted by Crippen LogP contribution is -2.15. The topological polar surface area (TPSA) is 55.1 Å². The lowest BCUT2D eigenvalue weighted by Gasteiger charge is -2.12. The molecule has 0 bridgehead atoms. The number of benzene rings is 3. The molecule has 1 heterocycles. The SMILES string of the molecule is Cc1ccc(-n2nc(C[C@H](C(=O)O)c3cccc(C)c3)cc2-c2ccc(Cl)c(Cl)c2)cc1.S. The van der Waals surface area contributed by atoms with E-state index in [0.717, 1.165) is 33.6 Å². The van der Waals surface area contributed by atoms with E-state index < -0.39 is 11.9 Å². The minimum atomic E-state index is -0.878. The molecule has 0 saturated heterocycles. The lowest BCUT2D eigenvalue weighted by atomic mass is 9.93. The number of aliphatic carboxylic acids is 1. The van der Waals surface area contributed by atoms with E-state index in [-0.39, 0.29) is 19.9 Å². The molecule has 0 fully saturated rings.